The molecule has 1 heterocycles. The van der Waals surface area contributed by atoms with Gasteiger partial charge in [0.2, 0.25) is 29.5 Å². The van der Waals surface area contributed by atoms with E-state index >= 15 is 0 Å². The number of hydrogen-bond acceptors (Lipinski definition) is 16. The van der Waals surface area contributed by atoms with Crippen molar-refractivity contribution >= 4 is 71.1 Å². The topological polar surface area (TPSA) is 281 Å². The van der Waals surface area contributed by atoms with E-state index in [1.54, 1.807) is 11.8 Å². The minimum atomic E-state index is -1.20. The summed E-state index contributed by atoms with van der Waals surface area (Å²) in [6, 6.07) is 3.62. The molecule has 0 aliphatic heterocycles. The number of carbonyl (C=O) groups is 7. The Morgan fingerprint density at radius 3 is 2.25 bits per heavy atom. The fraction of sp³-hybridized carbons (Fsp3) is 0.487. The monoisotopic (exact) mass is 876 g/mol. The summed E-state index contributed by atoms with van der Waals surface area (Å²) in [4.78, 5) is 94.9. The maximum Gasteiger partial charge on any atom is 0.339 e. The standard InChI is InChI=1S/C39H56N8O11S2/c1-47(2)18-20-59-19-15-32(50)41-16-6-5-7-27(44-33(51)12-9-25-8-11-30(48)31(49)21-25)36(53)42-17-14-34(52)45-29(37(54)46-28(22-40)39(56)58-4)24-60-35-13-10-26(23-43-35)38(55)57-3/h8-13,21,23,27-29,48-49H,5-7,14-20,22,24,40H2,1-4H3,(H,41,50)(H,42,53)(H,44,51)(H,45,52)(H,46,54)/b12-9+/t27?,28?,29-/m0/s1. The maximum absolute atomic E-state index is 13.3. The average molecular weight is 877 g/mol. The lowest BCUT2D eigenvalue weighted by atomic mass is 10.1. The molecule has 2 aromatic rings. The lowest BCUT2D eigenvalue weighted by Gasteiger charge is -2.21. The minimum absolute atomic E-state index is 0.0471. The number of aromatic nitrogens is 1. The molecule has 330 valence electrons. The van der Waals surface area contributed by atoms with Gasteiger partial charge < -0.3 is 56.9 Å². The maximum atomic E-state index is 13.3. The molecule has 2 unspecified atom stereocenters. The number of amides is 5. The zero-order valence-electron chi connectivity index (χ0n) is 34.2. The molecule has 2 rings (SSSR count). The van der Waals surface area contributed by atoms with Crippen molar-refractivity contribution in [2.24, 2.45) is 5.73 Å². The first kappa shape index (κ1) is 50.8. The molecule has 60 heavy (non-hydrogen) atoms. The molecule has 0 aliphatic carbocycles. The highest BCUT2D eigenvalue weighted by Crippen LogP contribution is 2.25. The van der Waals surface area contributed by atoms with Gasteiger partial charge in [-0.3, -0.25) is 24.0 Å². The summed E-state index contributed by atoms with van der Waals surface area (Å²) in [5, 5.41) is 33.0. The van der Waals surface area contributed by atoms with Gasteiger partial charge in [-0.25, -0.2) is 14.6 Å². The number of thioether (sulfide) groups is 2. The predicted molar refractivity (Wildman–Crippen MR) is 227 cm³/mol. The number of aromatic hydroxyl groups is 2. The molecule has 5 amide bonds. The van der Waals surface area contributed by atoms with Gasteiger partial charge in [0.15, 0.2) is 11.5 Å². The van der Waals surface area contributed by atoms with Crippen LogP contribution in [0.2, 0.25) is 0 Å². The number of nitrogens with one attached hydrogen (secondary N) is 5. The number of nitrogens with zero attached hydrogens (tertiary/aromatic N) is 2. The van der Waals surface area contributed by atoms with Gasteiger partial charge >= 0.3 is 11.9 Å². The zero-order valence-corrected chi connectivity index (χ0v) is 35.8. The summed E-state index contributed by atoms with van der Waals surface area (Å²) in [5.74, 6) is -3.13. The van der Waals surface area contributed by atoms with E-state index in [0.717, 1.165) is 37.2 Å². The Kier molecular flexibility index (Phi) is 23.8. The van der Waals surface area contributed by atoms with Crippen molar-refractivity contribution in [1.82, 2.24) is 36.5 Å². The number of nitrogens with two attached hydrogens (primary N) is 1. The van der Waals surface area contributed by atoms with E-state index in [1.807, 2.05) is 14.1 Å². The number of esters is 2. The largest absolute Gasteiger partial charge is 0.504 e. The molecule has 19 nitrogen and oxygen atoms in total. The lowest BCUT2D eigenvalue weighted by molar-refractivity contribution is -0.145. The highest BCUT2D eigenvalue weighted by atomic mass is 32.2. The average Bonchev–Trinajstić information content (AvgIpc) is 3.23. The highest BCUT2D eigenvalue weighted by Gasteiger charge is 2.27. The van der Waals surface area contributed by atoms with E-state index in [1.165, 1.54) is 49.7 Å². The van der Waals surface area contributed by atoms with E-state index < -0.39 is 53.7 Å². The van der Waals surface area contributed by atoms with Crippen molar-refractivity contribution in [3.63, 3.8) is 0 Å². The Bertz CT molecular complexity index is 1770. The molecule has 3 atom stereocenters. The predicted octanol–water partition coefficient (Wildman–Crippen LogP) is 0.149. The number of unbranched alkanes of at least 4 members (excludes halogenated alkanes) is 1. The van der Waals surface area contributed by atoms with Crippen LogP contribution in [-0.2, 0) is 38.2 Å². The molecule has 9 N–H and O–H groups in total. The van der Waals surface area contributed by atoms with Gasteiger partial charge in [0.05, 0.1) is 24.8 Å². The Hall–Kier alpha value is -5.38. The molecule has 0 saturated carbocycles. The van der Waals surface area contributed by atoms with Gasteiger partial charge in [-0.2, -0.15) is 11.8 Å². The first-order valence-electron chi connectivity index (χ1n) is 19.0. The number of hydrogen-bond donors (Lipinski definition) is 8. The van der Waals surface area contributed by atoms with E-state index in [2.05, 4.69) is 45.9 Å². The second-order valence-electron chi connectivity index (χ2n) is 13.3. The van der Waals surface area contributed by atoms with Crippen LogP contribution in [0.3, 0.4) is 0 Å². The van der Waals surface area contributed by atoms with Gasteiger partial charge in [-0.15, -0.1) is 11.8 Å². The second-order valence-corrected chi connectivity index (χ2v) is 15.6. The number of carbonyl (C=O) groups excluding carboxylic acids is 7. The van der Waals surface area contributed by atoms with Gasteiger partial charge in [0.1, 0.15) is 18.1 Å². The molecule has 21 heteroatoms. The third-order valence-corrected chi connectivity index (χ3v) is 10.4. The van der Waals surface area contributed by atoms with Crippen LogP contribution in [0, 0.1) is 0 Å². The van der Waals surface area contributed by atoms with E-state index in [0.29, 0.717) is 42.1 Å². The van der Waals surface area contributed by atoms with E-state index in [9.17, 15) is 43.8 Å². The summed E-state index contributed by atoms with van der Waals surface area (Å²) >= 11 is 2.78. The number of phenols is 2. The van der Waals surface area contributed by atoms with Crippen molar-refractivity contribution in [3.8, 4) is 11.5 Å². The van der Waals surface area contributed by atoms with Crippen LogP contribution in [0.5, 0.6) is 11.5 Å². The second kappa shape index (κ2) is 28.2. The smallest absolute Gasteiger partial charge is 0.339 e. The van der Waals surface area contributed by atoms with Crippen molar-refractivity contribution < 1.29 is 53.2 Å². The summed E-state index contributed by atoms with van der Waals surface area (Å²) < 4.78 is 9.36. The highest BCUT2D eigenvalue weighted by molar-refractivity contribution is 7.99. The number of ether oxygens (including phenoxy) is 2. The van der Waals surface area contributed by atoms with Crippen LogP contribution in [0.15, 0.2) is 47.6 Å². The van der Waals surface area contributed by atoms with Gasteiger partial charge in [0, 0.05) is 68.6 Å². The first-order chi connectivity index (χ1) is 28.7. The van der Waals surface area contributed by atoms with E-state index in [4.69, 9.17) is 5.73 Å². The lowest BCUT2D eigenvalue weighted by Crippen LogP contribution is -2.55. The van der Waals surface area contributed by atoms with Crippen LogP contribution in [0.4, 0.5) is 0 Å². The van der Waals surface area contributed by atoms with Crippen LogP contribution in [0.1, 0.15) is 48.0 Å². The third-order valence-electron chi connectivity index (χ3n) is 8.35. The van der Waals surface area contributed by atoms with Crippen LogP contribution in [0.25, 0.3) is 6.08 Å². The summed E-state index contributed by atoms with van der Waals surface area (Å²) in [6.45, 7) is 0.856. The molecular weight excluding hydrogens is 821 g/mol. The Morgan fingerprint density at radius 2 is 1.60 bits per heavy atom. The Morgan fingerprint density at radius 1 is 0.833 bits per heavy atom. The quantitative estimate of drug-likeness (QED) is 0.0195. The van der Waals surface area contributed by atoms with Crippen LogP contribution in [-0.4, -0.2) is 151 Å². The number of phenolic OH excluding ortho intramolecular Hbond substituents is 2. The van der Waals surface area contributed by atoms with Gasteiger partial charge in [-0.05, 0) is 69.3 Å². The van der Waals surface area contributed by atoms with Crippen molar-refractivity contribution in [3.05, 3.63) is 53.7 Å². The van der Waals surface area contributed by atoms with Gasteiger partial charge in [-0.1, -0.05) is 6.07 Å². The number of methoxy groups -OCH3 is 2. The molecule has 0 aliphatic rings. The summed E-state index contributed by atoms with van der Waals surface area (Å²) in [6.07, 6.45) is 5.15. The van der Waals surface area contributed by atoms with Crippen molar-refractivity contribution in [2.75, 3.05) is 71.8 Å². The fourth-order valence-electron chi connectivity index (χ4n) is 4.98. The molecule has 0 bridgehead atoms. The zero-order chi connectivity index (χ0) is 44.5. The third kappa shape index (κ3) is 20.1. The SMILES string of the molecule is COC(=O)c1ccc(SC[C@H](NC(=O)CCNC(=O)C(CCCCNC(=O)CCSCCN(C)C)NC(=O)/C=C/c2ccc(O)c(O)c2)C(=O)NC(CN)C(=O)OC)nc1. The normalized spacial score (nSPS) is 12.5. The van der Waals surface area contributed by atoms with Crippen molar-refractivity contribution in [1.29, 1.82) is 0 Å². The van der Waals surface area contributed by atoms with Crippen LogP contribution < -0.4 is 32.3 Å². The minimum Gasteiger partial charge on any atom is -0.504 e. The number of rotatable bonds is 27. The molecule has 0 saturated heterocycles. The molecule has 0 fully saturated rings. The summed E-state index contributed by atoms with van der Waals surface area (Å²) in [7, 11) is 6.35. The molecule has 0 radical (unpaired) electrons. The number of pyridine rings is 1. The molecular formula is C39H56N8O11S2. The molecule has 1 aromatic heterocycles. The van der Waals surface area contributed by atoms with Crippen molar-refractivity contribution in [2.45, 2.75) is 55.3 Å². The van der Waals surface area contributed by atoms with Gasteiger partial charge in [0.25, 0.3) is 0 Å². The summed E-state index contributed by atoms with van der Waals surface area (Å²) in [5.41, 5.74) is 6.27. The molecule has 0 spiro atoms. The Balaban J connectivity index is 2.04. The fourth-order valence-corrected chi connectivity index (χ4v) is 6.87. The molecule has 1 aromatic carbocycles. The number of benzene rings is 1. The Labute approximate surface area is 357 Å². The van der Waals surface area contributed by atoms with E-state index in [-0.39, 0.29) is 54.7 Å². The first-order valence-corrected chi connectivity index (χ1v) is 21.1. The van der Waals surface area contributed by atoms with Crippen LogP contribution >= 0.6 is 23.5 Å².